The Balaban J connectivity index is 1.67. The van der Waals surface area contributed by atoms with E-state index in [-0.39, 0.29) is 12.7 Å². The molecule has 1 saturated heterocycles. The summed E-state index contributed by atoms with van der Waals surface area (Å²) >= 11 is 0. The summed E-state index contributed by atoms with van der Waals surface area (Å²) in [5.41, 5.74) is 0.613. The van der Waals surface area contributed by atoms with Gasteiger partial charge in [0.05, 0.1) is 24.6 Å². The number of aromatic nitrogens is 2. The van der Waals surface area contributed by atoms with Crippen LogP contribution in [0.5, 0.6) is 0 Å². The minimum atomic E-state index is -0.596. The van der Waals surface area contributed by atoms with Crippen LogP contribution in [0.1, 0.15) is 25.5 Å². The van der Waals surface area contributed by atoms with Crippen molar-refractivity contribution in [3.8, 4) is 0 Å². The fourth-order valence-electron chi connectivity index (χ4n) is 1.76. The number of hydrogen-bond acceptors (Lipinski definition) is 6. The summed E-state index contributed by atoms with van der Waals surface area (Å²) in [4.78, 5) is 19.6. The van der Waals surface area contributed by atoms with E-state index < -0.39 is 12.1 Å². The van der Waals surface area contributed by atoms with Gasteiger partial charge < -0.3 is 14.2 Å². The van der Waals surface area contributed by atoms with Crippen molar-refractivity contribution in [2.75, 3.05) is 13.2 Å². The fraction of sp³-hybridized carbons (Fsp3) is 0.615. The van der Waals surface area contributed by atoms with E-state index in [0.29, 0.717) is 12.3 Å². The minimum absolute atomic E-state index is 0.107. The zero-order chi connectivity index (χ0) is 13.5. The lowest BCUT2D eigenvalue weighted by molar-refractivity contribution is -0.159. The number of rotatable bonds is 6. The molecule has 0 saturated carbocycles. The van der Waals surface area contributed by atoms with Crippen molar-refractivity contribution in [3.05, 3.63) is 24.3 Å². The first-order valence-corrected chi connectivity index (χ1v) is 6.40. The van der Waals surface area contributed by atoms with Gasteiger partial charge in [-0.1, -0.05) is 0 Å². The smallest absolute Gasteiger partial charge is 0.335 e. The molecule has 1 aliphatic heterocycles. The Bertz CT molecular complexity index is 393. The standard InChI is InChI=1S/C13H18N2O4/c1-10(18-9-12-3-2-6-17-12)13(16)19-8-11-7-14-4-5-15-11/h4-5,7,10,12H,2-3,6,8-9H2,1H3/t10-,12+/m0/s1. The van der Waals surface area contributed by atoms with Gasteiger partial charge in [-0.2, -0.15) is 0 Å². The van der Waals surface area contributed by atoms with E-state index in [0.717, 1.165) is 19.4 Å². The quantitative estimate of drug-likeness (QED) is 0.718. The highest BCUT2D eigenvalue weighted by Gasteiger charge is 2.20. The summed E-state index contributed by atoms with van der Waals surface area (Å²) in [7, 11) is 0. The molecule has 6 nitrogen and oxygen atoms in total. The van der Waals surface area contributed by atoms with Crippen LogP contribution in [0.2, 0.25) is 0 Å². The van der Waals surface area contributed by atoms with Gasteiger partial charge in [0.2, 0.25) is 0 Å². The monoisotopic (exact) mass is 266 g/mol. The Morgan fingerprint density at radius 3 is 3.16 bits per heavy atom. The third-order valence-corrected chi connectivity index (χ3v) is 2.87. The SMILES string of the molecule is C[C@H](OC[C@H]1CCCO1)C(=O)OCc1cnccn1. The molecular weight excluding hydrogens is 248 g/mol. The van der Waals surface area contributed by atoms with Crippen LogP contribution in [0.15, 0.2) is 18.6 Å². The minimum Gasteiger partial charge on any atom is -0.457 e. The van der Waals surface area contributed by atoms with Crippen LogP contribution >= 0.6 is 0 Å². The summed E-state index contributed by atoms with van der Waals surface area (Å²) in [5, 5.41) is 0. The molecule has 104 valence electrons. The molecule has 1 aromatic heterocycles. The molecule has 1 fully saturated rings. The highest BCUT2D eigenvalue weighted by atomic mass is 16.6. The summed E-state index contributed by atoms with van der Waals surface area (Å²) < 4.78 is 16.0. The van der Waals surface area contributed by atoms with E-state index in [9.17, 15) is 4.79 Å². The zero-order valence-electron chi connectivity index (χ0n) is 10.9. The predicted octanol–water partition coefficient (Wildman–Crippen LogP) is 1.10. The van der Waals surface area contributed by atoms with Gasteiger partial charge in [0.1, 0.15) is 6.61 Å². The number of nitrogens with zero attached hydrogens (tertiary/aromatic N) is 2. The average molecular weight is 266 g/mol. The Labute approximate surface area is 112 Å². The number of carbonyl (C=O) groups excluding carboxylic acids is 1. The molecule has 2 heterocycles. The van der Waals surface area contributed by atoms with E-state index in [1.54, 1.807) is 25.5 Å². The summed E-state index contributed by atoms with van der Waals surface area (Å²) in [5.74, 6) is -0.399. The summed E-state index contributed by atoms with van der Waals surface area (Å²) in [6, 6.07) is 0. The van der Waals surface area contributed by atoms with Gasteiger partial charge in [-0.15, -0.1) is 0 Å². The third-order valence-electron chi connectivity index (χ3n) is 2.87. The zero-order valence-corrected chi connectivity index (χ0v) is 10.9. The third kappa shape index (κ3) is 4.57. The van der Waals surface area contributed by atoms with Crippen molar-refractivity contribution in [1.82, 2.24) is 9.97 Å². The normalized spacial score (nSPS) is 20.2. The van der Waals surface area contributed by atoms with Gasteiger partial charge in [0, 0.05) is 19.0 Å². The van der Waals surface area contributed by atoms with E-state index in [4.69, 9.17) is 14.2 Å². The first-order chi connectivity index (χ1) is 9.25. The van der Waals surface area contributed by atoms with Crippen LogP contribution < -0.4 is 0 Å². The molecule has 0 radical (unpaired) electrons. The Morgan fingerprint density at radius 2 is 2.47 bits per heavy atom. The van der Waals surface area contributed by atoms with Gasteiger partial charge in [-0.05, 0) is 19.8 Å². The summed E-state index contributed by atoms with van der Waals surface area (Å²) in [6.45, 7) is 3.00. The molecular formula is C13H18N2O4. The van der Waals surface area contributed by atoms with Crippen molar-refractivity contribution >= 4 is 5.97 Å². The molecule has 0 aliphatic carbocycles. The van der Waals surface area contributed by atoms with Crippen molar-refractivity contribution in [2.45, 2.75) is 38.6 Å². The maximum Gasteiger partial charge on any atom is 0.335 e. The van der Waals surface area contributed by atoms with Crippen LogP contribution in [0.3, 0.4) is 0 Å². The molecule has 19 heavy (non-hydrogen) atoms. The molecule has 6 heteroatoms. The first kappa shape index (κ1) is 13.9. The van der Waals surface area contributed by atoms with Crippen molar-refractivity contribution in [2.24, 2.45) is 0 Å². The lowest BCUT2D eigenvalue weighted by atomic mass is 10.2. The van der Waals surface area contributed by atoms with Gasteiger partial charge in [-0.25, -0.2) is 4.79 Å². The fourth-order valence-corrected chi connectivity index (χ4v) is 1.76. The molecule has 1 aromatic rings. The molecule has 0 spiro atoms. The van der Waals surface area contributed by atoms with Crippen molar-refractivity contribution < 1.29 is 19.0 Å². The van der Waals surface area contributed by atoms with Crippen LogP contribution in [-0.4, -0.2) is 41.4 Å². The van der Waals surface area contributed by atoms with Crippen LogP contribution in [0.4, 0.5) is 0 Å². The molecule has 0 N–H and O–H groups in total. The maximum atomic E-state index is 11.7. The topological polar surface area (TPSA) is 70.5 Å². The van der Waals surface area contributed by atoms with Crippen LogP contribution in [0.25, 0.3) is 0 Å². The predicted molar refractivity (Wildman–Crippen MR) is 66.2 cm³/mol. The second kappa shape index (κ2) is 7.16. The second-order valence-electron chi connectivity index (χ2n) is 4.42. The van der Waals surface area contributed by atoms with Gasteiger partial charge in [0.25, 0.3) is 0 Å². The maximum absolute atomic E-state index is 11.7. The lowest BCUT2D eigenvalue weighted by Crippen LogP contribution is -2.27. The van der Waals surface area contributed by atoms with E-state index in [1.807, 2.05) is 0 Å². The highest BCUT2D eigenvalue weighted by Crippen LogP contribution is 2.13. The molecule has 1 aliphatic rings. The van der Waals surface area contributed by atoms with Gasteiger partial charge in [-0.3, -0.25) is 9.97 Å². The highest BCUT2D eigenvalue weighted by molar-refractivity contribution is 5.74. The average Bonchev–Trinajstić information content (AvgIpc) is 2.96. The van der Waals surface area contributed by atoms with E-state index >= 15 is 0 Å². The van der Waals surface area contributed by atoms with Crippen LogP contribution in [-0.2, 0) is 25.6 Å². The number of hydrogen-bond donors (Lipinski definition) is 0. The lowest BCUT2D eigenvalue weighted by Gasteiger charge is -2.15. The van der Waals surface area contributed by atoms with Gasteiger partial charge >= 0.3 is 5.97 Å². The van der Waals surface area contributed by atoms with E-state index in [2.05, 4.69) is 9.97 Å². The largest absolute Gasteiger partial charge is 0.457 e. The Hall–Kier alpha value is -1.53. The number of esters is 1. The molecule has 0 unspecified atom stereocenters. The van der Waals surface area contributed by atoms with Crippen LogP contribution in [0, 0.1) is 0 Å². The number of carbonyl (C=O) groups is 1. The summed E-state index contributed by atoms with van der Waals surface area (Å²) in [6.07, 6.45) is 6.24. The van der Waals surface area contributed by atoms with Gasteiger partial charge in [0.15, 0.2) is 6.10 Å². The molecule has 2 rings (SSSR count). The first-order valence-electron chi connectivity index (χ1n) is 6.40. The number of ether oxygens (including phenoxy) is 3. The van der Waals surface area contributed by atoms with E-state index in [1.165, 1.54) is 0 Å². The molecule has 0 amide bonds. The Kier molecular flexibility index (Phi) is 5.23. The second-order valence-corrected chi connectivity index (χ2v) is 4.42. The Morgan fingerprint density at radius 1 is 1.58 bits per heavy atom. The molecule has 2 atom stereocenters. The van der Waals surface area contributed by atoms with Crippen molar-refractivity contribution in [3.63, 3.8) is 0 Å². The molecule has 0 aromatic carbocycles. The van der Waals surface area contributed by atoms with Crippen molar-refractivity contribution in [1.29, 1.82) is 0 Å². The molecule has 0 bridgehead atoms.